The lowest BCUT2D eigenvalue weighted by atomic mass is 10.0. The van der Waals surface area contributed by atoms with Crippen LogP contribution in [0.5, 0.6) is 0 Å². The topological polar surface area (TPSA) is 44.4 Å². The first kappa shape index (κ1) is 17.8. The van der Waals surface area contributed by atoms with E-state index in [0.717, 1.165) is 32.4 Å². The Kier molecular flexibility index (Phi) is 6.92. The number of nitrogens with zero attached hydrogens (tertiary/aromatic N) is 1. The molecule has 23 heavy (non-hydrogen) atoms. The molecule has 2 N–H and O–H groups in total. The van der Waals surface area contributed by atoms with E-state index in [1.54, 1.807) is 0 Å². The largest absolute Gasteiger partial charge is 0.352 e. The van der Waals surface area contributed by atoms with Gasteiger partial charge in [0.2, 0.25) is 5.91 Å². The Labute approximate surface area is 136 Å². The number of benzene rings is 1. The molecule has 128 valence electrons. The number of hydrogen-bond acceptors (Lipinski definition) is 3. The summed E-state index contributed by atoms with van der Waals surface area (Å²) in [5, 5.41) is 6.04. The smallest absolute Gasteiger partial charge is 0.220 e. The minimum Gasteiger partial charge on any atom is -0.352 e. The average molecular weight is 325 g/mol. The molecule has 0 bridgehead atoms. The van der Waals surface area contributed by atoms with E-state index >= 15 is 0 Å². The number of carbonyl (C=O) groups is 1. The predicted octanol–water partition coefficient (Wildman–Crippen LogP) is 2.04. The van der Waals surface area contributed by atoms with Crippen molar-refractivity contribution in [2.45, 2.75) is 38.3 Å². The SMILES string of the molecule is CNCCCC(=O)NC1CCCN(Cc2c(F)cccc2F)C1. The van der Waals surface area contributed by atoms with Gasteiger partial charge in [0.15, 0.2) is 0 Å². The zero-order valence-electron chi connectivity index (χ0n) is 13.6. The van der Waals surface area contributed by atoms with E-state index in [1.807, 2.05) is 11.9 Å². The van der Waals surface area contributed by atoms with Crippen LogP contribution in [0.4, 0.5) is 8.78 Å². The van der Waals surface area contributed by atoms with Gasteiger partial charge in [-0.15, -0.1) is 0 Å². The summed E-state index contributed by atoms with van der Waals surface area (Å²) in [5.74, 6) is -0.976. The van der Waals surface area contributed by atoms with Crippen LogP contribution in [0.3, 0.4) is 0 Å². The van der Waals surface area contributed by atoms with E-state index in [2.05, 4.69) is 10.6 Å². The molecule has 6 heteroatoms. The van der Waals surface area contributed by atoms with Gasteiger partial charge in [0.1, 0.15) is 11.6 Å². The third-order valence-corrected chi connectivity index (χ3v) is 4.14. The predicted molar refractivity (Wildman–Crippen MR) is 86.0 cm³/mol. The van der Waals surface area contributed by atoms with E-state index in [9.17, 15) is 13.6 Å². The van der Waals surface area contributed by atoms with Crippen molar-refractivity contribution < 1.29 is 13.6 Å². The molecule has 0 aromatic heterocycles. The summed E-state index contributed by atoms with van der Waals surface area (Å²) in [4.78, 5) is 13.9. The van der Waals surface area contributed by atoms with Gasteiger partial charge in [0.05, 0.1) is 0 Å². The van der Waals surface area contributed by atoms with E-state index in [-0.39, 0.29) is 24.1 Å². The van der Waals surface area contributed by atoms with E-state index < -0.39 is 11.6 Å². The maximum absolute atomic E-state index is 13.7. The zero-order valence-corrected chi connectivity index (χ0v) is 13.6. The fourth-order valence-corrected chi connectivity index (χ4v) is 2.95. The Morgan fingerprint density at radius 2 is 2.09 bits per heavy atom. The summed E-state index contributed by atoms with van der Waals surface area (Å²) in [6.45, 7) is 2.48. The van der Waals surface area contributed by atoms with Crippen LogP contribution in [0.2, 0.25) is 0 Å². The van der Waals surface area contributed by atoms with Gasteiger partial charge >= 0.3 is 0 Å². The van der Waals surface area contributed by atoms with Gasteiger partial charge < -0.3 is 10.6 Å². The van der Waals surface area contributed by atoms with Crippen LogP contribution in [-0.4, -0.2) is 43.5 Å². The molecule has 1 aromatic carbocycles. The molecule has 1 amide bonds. The average Bonchev–Trinajstić information content (AvgIpc) is 2.52. The molecule has 0 aliphatic carbocycles. The Bertz CT molecular complexity index is 504. The molecule has 4 nitrogen and oxygen atoms in total. The van der Waals surface area contributed by atoms with Gasteiger partial charge in [0.25, 0.3) is 0 Å². The second-order valence-corrected chi connectivity index (χ2v) is 6.05. The summed E-state index contributed by atoms with van der Waals surface area (Å²) >= 11 is 0. The third kappa shape index (κ3) is 5.55. The number of nitrogens with one attached hydrogen (secondary N) is 2. The summed E-state index contributed by atoms with van der Waals surface area (Å²) in [5.41, 5.74) is 0.105. The van der Waals surface area contributed by atoms with Crippen molar-refractivity contribution in [1.29, 1.82) is 0 Å². The molecule has 0 saturated carbocycles. The Balaban J connectivity index is 1.85. The van der Waals surface area contributed by atoms with Gasteiger partial charge in [-0.25, -0.2) is 8.78 Å². The quantitative estimate of drug-likeness (QED) is 0.754. The third-order valence-electron chi connectivity index (χ3n) is 4.14. The summed E-state index contributed by atoms with van der Waals surface area (Å²) in [6, 6.07) is 3.99. The monoisotopic (exact) mass is 325 g/mol. The minimum atomic E-state index is -0.511. The number of likely N-dealkylation sites (tertiary alicyclic amines) is 1. The summed E-state index contributed by atoms with van der Waals surface area (Å²) in [7, 11) is 1.86. The van der Waals surface area contributed by atoms with Crippen LogP contribution in [0.15, 0.2) is 18.2 Å². The van der Waals surface area contributed by atoms with Gasteiger partial charge in [-0.3, -0.25) is 9.69 Å². The second-order valence-electron chi connectivity index (χ2n) is 6.05. The highest BCUT2D eigenvalue weighted by Gasteiger charge is 2.23. The first-order valence-corrected chi connectivity index (χ1v) is 8.19. The molecule has 1 fully saturated rings. The van der Waals surface area contributed by atoms with Gasteiger partial charge in [0, 0.05) is 31.1 Å². The normalized spacial score (nSPS) is 18.8. The van der Waals surface area contributed by atoms with Crippen LogP contribution < -0.4 is 10.6 Å². The molecule has 1 unspecified atom stereocenters. The van der Waals surface area contributed by atoms with Crippen LogP contribution in [0.1, 0.15) is 31.2 Å². The first-order valence-electron chi connectivity index (χ1n) is 8.19. The second kappa shape index (κ2) is 8.93. The van der Waals surface area contributed by atoms with Crippen molar-refractivity contribution >= 4 is 5.91 Å². The maximum atomic E-state index is 13.7. The molecule has 2 rings (SSSR count). The van der Waals surface area contributed by atoms with Crippen molar-refractivity contribution in [3.05, 3.63) is 35.4 Å². The number of carbonyl (C=O) groups excluding carboxylic acids is 1. The van der Waals surface area contributed by atoms with Crippen LogP contribution in [-0.2, 0) is 11.3 Å². The zero-order chi connectivity index (χ0) is 16.7. The Morgan fingerprint density at radius 3 is 2.78 bits per heavy atom. The fraction of sp³-hybridized carbons (Fsp3) is 0.588. The van der Waals surface area contributed by atoms with Crippen molar-refractivity contribution in [3.63, 3.8) is 0 Å². The molecule has 1 aliphatic rings. The number of amides is 1. The number of rotatable bonds is 7. The Morgan fingerprint density at radius 1 is 1.35 bits per heavy atom. The molecular weight excluding hydrogens is 300 g/mol. The highest BCUT2D eigenvalue weighted by atomic mass is 19.1. The molecule has 1 aliphatic heterocycles. The summed E-state index contributed by atoms with van der Waals surface area (Å²) < 4.78 is 27.5. The van der Waals surface area contributed by atoms with E-state index in [0.29, 0.717) is 13.0 Å². The molecule has 1 atom stereocenters. The molecule has 1 heterocycles. The number of halogens is 2. The molecule has 0 spiro atoms. The first-order chi connectivity index (χ1) is 11.1. The van der Waals surface area contributed by atoms with Crippen molar-refractivity contribution in [3.8, 4) is 0 Å². The van der Waals surface area contributed by atoms with Gasteiger partial charge in [-0.2, -0.15) is 0 Å². The van der Waals surface area contributed by atoms with Crippen molar-refractivity contribution in [2.75, 3.05) is 26.7 Å². The van der Waals surface area contributed by atoms with E-state index in [4.69, 9.17) is 0 Å². The minimum absolute atomic E-state index is 0.0455. The fourth-order valence-electron chi connectivity index (χ4n) is 2.95. The molecule has 1 aromatic rings. The molecule has 0 radical (unpaired) electrons. The number of piperidine rings is 1. The maximum Gasteiger partial charge on any atom is 0.220 e. The number of hydrogen-bond donors (Lipinski definition) is 2. The lowest BCUT2D eigenvalue weighted by molar-refractivity contribution is -0.122. The molecule has 1 saturated heterocycles. The lowest BCUT2D eigenvalue weighted by Gasteiger charge is -2.33. The van der Waals surface area contributed by atoms with Crippen LogP contribution in [0.25, 0.3) is 0 Å². The standard InChI is InChI=1S/C17H25F2N3O/c1-20-9-3-8-17(23)21-13-5-4-10-22(11-13)12-14-15(18)6-2-7-16(14)19/h2,6-7,13,20H,3-5,8-12H2,1H3,(H,21,23). The molecular formula is C17H25F2N3O. The van der Waals surface area contributed by atoms with Crippen LogP contribution in [0, 0.1) is 11.6 Å². The summed E-state index contributed by atoms with van der Waals surface area (Å²) in [6.07, 6.45) is 3.13. The van der Waals surface area contributed by atoms with Gasteiger partial charge in [-0.05, 0) is 51.5 Å². The van der Waals surface area contributed by atoms with E-state index in [1.165, 1.54) is 18.2 Å². The van der Waals surface area contributed by atoms with Gasteiger partial charge in [-0.1, -0.05) is 6.07 Å². The Hall–Kier alpha value is -1.53. The highest BCUT2D eigenvalue weighted by molar-refractivity contribution is 5.76. The van der Waals surface area contributed by atoms with Crippen molar-refractivity contribution in [1.82, 2.24) is 15.5 Å². The van der Waals surface area contributed by atoms with Crippen LogP contribution >= 0.6 is 0 Å². The lowest BCUT2D eigenvalue weighted by Crippen LogP contribution is -2.47. The van der Waals surface area contributed by atoms with Crippen molar-refractivity contribution in [2.24, 2.45) is 0 Å². The highest BCUT2D eigenvalue weighted by Crippen LogP contribution is 2.18.